The van der Waals surface area contributed by atoms with Crippen LogP contribution in [0.25, 0.3) is 11.1 Å². The van der Waals surface area contributed by atoms with Crippen LogP contribution in [0.3, 0.4) is 0 Å². The third-order valence-corrected chi connectivity index (χ3v) is 6.51. The maximum absolute atomic E-state index is 13.1. The summed E-state index contributed by atoms with van der Waals surface area (Å²) in [5.74, 6) is -0.512. The summed E-state index contributed by atoms with van der Waals surface area (Å²) in [5, 5.41) is 18.2. The Morgan fingerprint density at radius 3 is 2.32 bits per heavy atom. The van der Waals surface area contributed by atoms with Crippen LogP contribution in [-0.4, -0.2) is 53.3 Å². The summed E-state index contributed by atoms with van der Waals surface area (Å²) in [5.41, 5.74) is 6.22. The van der Waals surface area contributed by atoms with E-state index < -0.39 is 17.6 Å². The molecule has 2 heterocycles. The number of piperidine rings is 1. The molecule has 0 aliphatic carbocycles. The van der Waals surface area contributed by atoms with Crippen molar-refractivity contribution in [2.75, 3.05) is 12.8 Å². The summed E-state index contributed by atoms with van der Waals surface area (Å²) in [6.45, 7) is -0.250. The van der Waals surface area contributed by atoms with E-state index in [0.717, 1.165) is 37.8 Å². The van der Waals surface area contributed by atoms with Crippen LogP contribution < -0.4 is 11.1 Å². The van der Waals surface area contributed by atoms with Crippen molar-refractivity contribution in [2.24, 2.45) is 0 Å². The number of hydrogen-bond acceptors (Lipinski definition) is 5. The molecule has 10 heteroatoms. The van der Waals surface area contributed by atoms with Gasteiger partial charge in [-0.3, -0.25) is 15.0 Å². The molecule has 0 spiro atoms. The highest BCUT2D eigenvalue weighted by Crippen LogP contribution is 2.35. The van der Waals surface area contributed by atoms with Crippen LogP contribution in [0, 0.1) is 5.41 Å². The lowest BCUT2D eigenvalue weighted by molar-refractivity contribution is -0.137. The van der Waals surface area contributed by atoms with Crippen LogP contribution in [0.5, 0.6) is 0 Å². The van der Waals surface area contributed by atoms with Crippen molar-refractivity contribution in [2.45, 2.75) is 50.0 Å². The van der Waals surface area contributed by atoms with Gasteiger partial charge < -0.3 is 21.1 Å². The van der Waals surface area contributed by atoms with Crippen molar-refractivity contribution >= 4 is 23.8 Å². The lowest BCUT2D eigenvalue weighted by atomic mass is 9.96. The zero-order valence-corrected chi connectivity index (χ0v) is 18.6. The number of amides is 1. The Kier molecular flexibility index (Phi) is 7.61. The van der Waals surface area contributed by atoms with Crippen LogP contribution in [0.15, 0.2) is 42.5 Å². The number of carbonyl (C=O) groups excluding carboxylic acids is 1. The molecule has 2 bridgehead atoms. The molecule has 2 fully saturated rings. The molecule has 2 aromatic carbocycles. The highest BCUT2D eigenvalue weighted by atomic mass is 19.4. The highest BCUT2D eigenvalue weighted by molar-refractivity contribution is 6.45. The number of benzene rings is 2. The molecule has 1 amide bonds. The van der Waals surface area contributed by atoms with Crippen molar-refractivity contribution in [3.63, 3.8) is 0 Å². The fourth-order valence-electron chi connectivity index (χ4n) is 4.74. The van der Waals surface area contributed by atoms with Gasteiger partial charge in [0.25, 0.3) is 12.4 Å². The fourth-order valence-corrected chi connectivity index (χ4v) is 4.74. The van der Waals surface area contributed by atoms with Crippen LogP contribution in [0.1, 0.15) is 36.8 Å². The van der Waals surface area contributed by atoms with E-state index in [1.165, 1.54) is 18.2 Å². The zero-order chi connectivity index (χ0) is 25.0. The molecule has 0 radical (unpaired) electrons. The second kappa shape index (κ2) is 10.3. The van der Waals surface area contributed by atoms with Crippen molar-refractivity contribution < 1.29 is 27.9 Å². The highest BCUT2D eigenvalue weighted by Gasteiger charge is 2.39. The van der Waals surface area contributed by atoms with Crippen molar-refractivity contribution in [3.8, 4) is 11.1 Å². The van der Waals surface area contributed by atoms with E-state index in [9.17, 15) is 18.0 Å². The second-order valence-electron chi connectivity index (χ2n) is 8.55. The quantitative estimate of drug-likeness (QED) is 0.304. The maximum Gasteiger partial charge on any atom is 0.416 e. The first kappa shape index (κ1) is 25.2. The number of fused-ring (bicyclic) bond motifs is 2. The Balaban J connectivity index is 0.00000103. The largest absolute Gasteiger partial charge is 0.483 e. The van der Waals surface area contributed by atoms with E-state index >= 15 is 0 Å². The van der Waals surface area contributed by atoms with E-state index in [4.69, 9.17) is 21.0 Å². The fraction of sp³-hybridized carbons (Fsp3) is 0.375. The smallest absolute Gasteiger partial charge is 0.416 e. The number of hydrogen-bond donors (Lipinski definition) is 4. The van der Waals surface area contributed by atoms with Gasteiger partial charge in [0, 0.05) is 29.4 Å². The molecule has 2 aliphatic rings. The van der Waals surface area contributed by atoms with Gasteiger partial charge in [0.05, 0.1) is 5.56 Å². The van der Waals surface area contributed by atoms with Gasteiger partial charge in [0.2, 0.25) is 0 Å². The lowest BCUT2D eigenvalue weighted by Crippen LogP contribution is -2.50. The number of alkyl halides is 3. The summed E-state index contributed by atoms with van der Waals surface area (Å²) < 4.78 is 39.2. The third kappa shape index (κ3) is 5.56. The van der Waals surface area contributed by atoms with E-state index in [2.05, 4.69) is 17.3 Å². The molecule has 5 N–H and O–H groups in total. The Hall–Kier alpha value is -3.40. The first-order valence-corrected chi connectivity index (χ1v) is 10.8. The minimum atomic E-state index is -4.45. The van der Waals surface area contributed by atoms with Crippen molar-refractivity contribution in [1.29, 1.82) is 5.41 Å². The second-order valence-corrected chi connectivity index (χ2v) is 8.55. The molecule has 2 aromatic rings. The third-order valence-electron chi connectivity index (χ3n) is 6.51. The van der Waals surface area contributed by atoms with E-state index in [-0.39, 0.29) is 29.5 Å². The van der Waals surface area contributed by atoms with Crippen LogP contribution in [-0.2, 0) is 15.8 Å². The van der Waals surface area contributed by atoms with Gasteiger partial charge in [-0.05, 0) is 68.1 Å². The average Bonchev–Trinajstić information content (AvgIpc) is 2.99. The SMILES string of the molecule is CN1C2CCC1CC(NC(=O)C(=N)c1cc(-c3cccc(C(F)(F)F)c3)ccc1N)C2.O=CO. The average molecular weight is 476 g/mol. The van der Waals surface area contributed by atoms with Gasteiger partial charge in [-0.2, -0.15) is 13.2 Å². The molecular formula is C24H27F3N4O3. The number of anilines is 1. The minimum Gasteiger partial charge on any atom is -0.483 e. The molecule has 0 aromatic heterocycles. The van der Waals surface area contributed by atoms with Gasteiger partial charge in [-0.1, -0.05) is 18.2 Å². The van der Waals surface area contributed by atoms with Gasteiger partial charge in [0.15, 0.2) is 0 Å². The Morgan fingerprint density at radius 2 is 1.74 bits per heavy atom. The maximum atomic E-state index is 13.1. The van der Waals surface area contributed by atoms with Crippen LogP contribution in [0.2, 0.25) is 0 Å². The number of nitrogen functional groups attached to an aromatic ring is 1. The van der Waals surface area contributed by atoms with Crippen LogP contribution >= 0.6 is 0 Å². The summed E-state index contributed by atoms with van der Waals surface area (Å²) in [6, 6.07) is 10.5. The number of rotatable bonds is 4. The molecule has 2 saturated heterocycles. The predicted molar refractivity (Wildman–Crippen MR) is 123 cm³/mol. The Labute approximate surface area is 195 Å². The number of nitrogens with two attached hydrogens (primary N) is 1. The summed E-state index contributed by atoms with van der Waals surface area (Å²) >= 11 is 0. The molecule has 0 saturated carbocycles. The summed E-state index contributed by atoms with van der Waals surface area (Å²) in [4.78, 5) is 23.5. The van der Waals surface area contributed by atoms with Gasteiger partial charge >= 0.3 is 6.18 Å². The minimum absolute atomic E-state index is 0.00873. The van der Waals surface area contributed by atoms with Crippen molar-refractivity contribution in [3.05, 3.63) is 53.6 Å². The van der Waals surface area contributed by atoms with Gasteiger partial charge in [-0.15, -0.1) is 0 Å². The van der Waals surface area contributed by atoms with E-state index in [1.807, 2.05) is 0 Å². The molecule has 4 rings (SSSR count). The standard InChI is InChI=1S/C23H25F3N4O.CH2O2/c1-30-17-6-7-18(30)12-16(11-17)29-22(31)21(28)19-10-14(5-8-20(19)27)13-3-2-4-15(9-13)23(24,25)26;2-1-3/h2-5,8-10,16-18,28H,6-7,11-12,27H2,1H3,(H,29,31);1H,(H,2,3). The summed E-state index contributed by atoms with van der Waals surface area (Å²) in [6.07, 6.45) is -0.502. The first-order valence-electron chi connectivity index (χ1n) is 10.8. The molecule has 182 valence electrons. The predicted octanol–water partition coefficient (Wildman–Crippen LogP) is 3.76. The van der Waals surface area contributed by atoms with E-state index in [1.54, 1.807) is 12.1 Å². The lowest BCUT2D eigenvalue weighted by Gasteiger charge is -2.36. The zero-order valence-electron chi connectivity index (χ0n) is 18.6. The van der Waals surface area contributed by atoms with Crippen LogP contribution in [0.4, 0.5) is 18.9 Å². The molecule has 2 atom stereocenters. The molecular weight excluding hydrogens is 449 g/mol. The monoisotopic (exact) mass is 476 g/mol. The molecule has 2 aliphatic heterocycles. The topological polar surface area (TPSA) is 120 Å². The van der Waals surface area contributed by atoms with Gasteiger partial charge in [-0.25, -0.2) is 0 Å². The Bertz CT molecular complexity index is 1060. The van der Waals surface area contributed by atoms with Gasteiger partial charge in [0.1, 0.15) is 5.71 Å². The number of halogens is 3. The molecule has 2 unspecified atom stereocenters. The molecule has 34 heavy (non-hydrogen) atoms. The number of nitrogens with zero attached hydrogens (tertiary/aromatic N) is 1. The van der Waals surface area contributed by atoms with E-state index in [0.29, 0.717) is 23.2 Å². The number of carbonyl (C=O) groups is 2. The Morgan fingerprint density at radius 1 is 1.15 bits per heavy atom. The first-order chi connectivity index (χ1) is 16.0. The number of carboxylic acid groups (broad SMARTS) is 1. The normalized spacial score (nSPS) is 21.8. The van der Waals surface area contributed by atoms with Crippen molar-refractivity contribution in [1.82, 2.24) is 10.2 Å². The number of nitrogens with one attached hydrogen (secondary N) is 2. The molecule has 7 nitrogen and oxygen atoms in total. The summed E-state index contributed by atoms with van der Waals surface area (Å²) in [7, 11) is 2.11.